The number of hydrogen-bond donors (Lipinski definition) is 1. The van der Waals surface area contributed by atoms with Gasteiger partial charge in [0.15, 0.2) is 0 Å². The average Bonchev–Trinajstić information content (AvgIpc) is 3.50. The van der Waals surface area contributed by atoms with Crippen LogP contribution in [-0.2, 0) is 4.74 Å². The number of hydrogen-bond acceptors (Lipinski definition) is 6. The Morgan fingerprint density at radius 3 is 2.63 bits per heavy atom. The summed E-state index contributed by atoms with van der Waals surface area (Å²) in [4.78, 5) is 13.7. The van der Waals surface area contributed by atoms with Gasteiger partial charge in [0.1, 0.15) is 17.3 Å². The summed E-state index contributed by atoms with van der Waals surface area (Å²) in [6.07, 6.45) is 7.42. The van der Waals surface area contributed by atoms with E-state index in [2.05, 4.69) is 50.2 Å². The monoisotopic (exact) mass is 405 g/mol. The molecule has 0 radical (unpaired) electrons. The van der Waals surface area contributed by atoms with E-state index < -0.39 is 0 Å². The minimum Gasteiger partial charge on any atom is -0.378 e. The van der Waals surface area contributed by atoms with Crippen LogP contribution >= 0.6 is 0 Å². The first kappa shape index (κ1) is 19.9. The van der Waals surface area contributed by atoms with Crippen LogP contribution in [0.4, 0.5) is 17.2 Å². The molecule has 0 saturated carbocycles. The van der Waals surface area contributed by atoms with Gasteiger partial charge in [-0.2, -0.15) is 5.10 Å². The number of ether oxygens (including phenoxy) is 1. The molecule has 8 heteroatoms. The normalized spacial score (nSPS) is 13.8. The van der Waals surface area contributed by atoms with Crippen LogP contribution in [0.3, 0.4) is 0 Å². The van der Waals surface area contributed by atoms with Crippen LogP contribution in [0.2, 0.25) is 0 Å². The van der Waals surface area contributed by atoms with Crippen LogP contribution in [-0.4, -0.2) is 58.1 Å². The van der Waals surface area contributed by atoms with E-state index in [0.717, 1.165) is 60.3 Å². The number of aromatic nitrogens is 5. The van der Waals surface area contributed by atoms with Gasteiger partial charge in [0, 0.05) is 50.0 Å². The van der Waals surface area contributed by atoms with Crippen molar-refractivity contribution >= 4 is 28.2 Å². The van der Waals surface area contributed by atoms with Gasteiger partial charge in [-0.3, -0.25) is 14.6 Å². The van der Waals surface area contributed by atoms with Gasteiger partial charge < -0.3 is 14.5 Å². The van der Waals surface area contributed by atoms with Crippen molar-refractivity contribution in [1.29, 1.82) is 0 Å². The highest BCUT2D eigenvalue weighted by Crippen LogP contribution is 2.34. The number of morpholine rings is 1. The predicted octanol–water partition coefficient (Wildman–Crippen LogP) is 3.77. The van der Waals surface area contributed by atoms with Gasteiger partial charge in [-0.1, -0.05) is 13.8 Å². The highest BCUT2D eigenvalue weighted by atomic mass is 16.5. The maximum atomic E-state index is 5.52. The molecule has 0 atom stereocenters. The number of H-pyrrole nitrogens is 1. The largest absolute Gasteiger partial charge is 0.378 e. The summed E-state index contributed by atoms with van der Waals surface area (Å²) >= 11 is 0. The lowest BCUT2D eigenvalue weighted by atomic mass is 10.2. The fourth-order valence-corrected chi connectivity index (χ4v) is 3.58. The summed E-state index contributed by atoms with van der Waals surface area (Å²) in [5.74, 6) is 1.83. The van der Waals surface area contributed by atoms with Gasteiger partial charge in [0.2, 0.25) is 0 Å². The molecule has 5 heterocycles. The quantitative estimate of drug-likeness (QED) is 0.557. The van der Waals surface area contributed by atoms with Crippen molar-refractivity contribution in [1.82, 2.24) is 24.7 Å². The van der Waals surface area contributed by atoms with Crippen molar-refractivity contribution in [2.75, 3.05) is 43.2 Å². The van der Waals surface area contributed by atoms with Gasteiger partial charge in [-0.15, -0.1) is 0 Å². The molecule has 4 aromatic heterocycles. The van der Waals surface area contributed by atoms with Crippen LogP contribution in [0.15, 0.2) is 55.1 Å². The number of pyridine rings is 2. The maximum absolute atomic E-state index is 5.52. The lowest BCUT2D eigenvalue weighted by molar-refractivity contribution is 0.122. The van der Waals surface area contributed by atoms with Crippen molar-refractivity contribution in [3.05, 3.63) is 55.1 Å². The van der Waals surface area contributed by atoms with E-state index in [0.29, 0.717) is 0 Å². The SMILES string of the molecule is CC.CN(c1cccnc1)c1cc(N2CCOCC2)nc2c1ccn2-c1ccn[nH]1. The molecule has 0 aromatic carbocycles. The van der Waals surface area contributed by atoms with Crippen molar-refractivity contribution < 1.29 is 4.74 Å². The maximum Gasteiger partial charge on any atom is 0.150 e. The smallest absolute Gasteiger partial charge is 0.150 e. The first-order chi connectivity index (χ1) is 14.8. The van der Waals surface area contributed by atoms with Crippen molar-refractivity contribution in [3.8, 4) is 5.82 Å². The summed E-state index contributed by atoms with van der Waals surface area (Å²) in [5, 5.41) is 8.18. The van der Waals surface area contributed by atoms with E-state index >= 15 is 0 Å². The molecule has 1 aliphatic rings. The Balaban J connectivity index is 0.00000106. The molecule has 0 aliphatic carbocycles. The molecule has 1 aliphatic heterocycles. The molecular weight excluding hydrogens is 378 g/mol. The first-order valence-electron chi connectivity index (χ1n) is 10.3. The van der Waals surface area contributed by atoms with Gasteiger partial charge in [0.25, 0.3) is 0 Å². The molecule has 0 spiro atoms. The third-order valence-electron chi connectivity index (χ3n) is 5.10. The van der Waals surface area contributed by atoms with Crippen molar-refractivity contribution in [2.24, 2.45) is 0 Å². The molecule has 30 heavy (non-hydrogen) atoms. The molecule has 1 fully saturated rings. The Labute approximate surface area is 176 Å². The second kappa shape index (κ2) is 8.96. The number of nitrogens with one attached hydrogen (secondary N) is 1. The van der Waals surface area contributed by atoms with E-state index in [1.807, 2.05) is 42.9 Å². The third kappa shape index (κ3) is 3.73. The summed E-state index contributed by atoms with van der Waals surface area (Å²) in [5.41, 5.74) is 2.99. The molecule has 1 N–H and O–H groups in total. The first-order valence-corrected chi connectivity index (χ1v) is 10.3. The van der Waals surface area contributed by atoms with Crippen LogP contribution in [0, 0.1) is 0 Å². The Bertz CT molecular complexity index is 1070. The Morgan fingerprint density at radius 2 is 1.93 bits per heavy atom. The predicted molar refractivity (Wildman–Crippen MR) is 120 cm³/mol. The second-order valence-corrected chi connectivity index (χ2v) is 6.73. The summed E-state index contributed by atoms with van der Waals surface area (Å²) < 4.78 is 7.55. The van der Waals surface area contributed by atoms with E-state index in [1.165, 1.54) is 0 Å². The lowest BCUT2D eigenvalue weighted by Crippen LogP contribution is -2.36. The molecule has 0 unspecified atom stereocenters. The fourth-order valence-electron chi connectivity index (χ4n) is 3.58. The minimum atomic E-state index is 0.717. The fraction of sp³-hybridized carbons (Fsp3) is 0.318. The number of aromatic amines is 1. The molecule has 0 bridgehead atoms. The molecule has 156 valence electrons. The van der Waals surface area contributed by atoms with Crippen molar-refractivity contribution in [3.63, 3.8) is 0 Å². The van der Waals surface area contributed by atoms with Crippen molar-refractivity contribution in [2.45, 2.75) is 13.8 Å². The zero-order valence-corrected chi connectivity index (χ0v) is 17.6. The van der Waals surface area contributed by atoms with Gasteiger partial charge in [0.05, 0.1) is 37.0 Å². The topological polar surface area (TPSA) is 75.1 Å². The Hall–Kier alpha value is -3.39. The summed E-state index contributed by atoms with van der Waals surface area (Å²) in [7, 11) is 2.06. The molecule has 8 nitrogen and oxygen atoms in total. The molecular formula is C22H27N7O. The number of rotatable bonds is 4. The van der Waals surface area contributed by atoms with Gasteiger partial charge >= 0.3 is 0 Å². The zero-order valence-electron chi connectivity index (χ0n) is 17.6. The molecule has 5 rings (SSSR count). The average molecular weight is 406 g/mol. The Morgan fingerprint density at radius 1 is 1.10 bits per heavy atom. The van der Waals surface area contributed by atoms with Crippen LogP contribution in [0.1, 0.15) is 13.8 Å². The molecule has 4 aromatic rings. The lowest BCUT2D eigenvalue weighted by Gasteiger charge is -2.29. The van der Waals surface area contributed by atoms with Crippen LogP contribution in [0.25, 0.3) is 16.9 Å². The van der Waals surface area contributed by atoms with E-state index in [1.54, 1.807) is 12.4 Å². The van der Waals surface area contributed by atoms with Crippen LogP contribution < -0.4 is 9.80 Å². The minimum absolute atomic E-state index is 0.717. The van der Waals surface area contributed by atoms with Gasteiger partial charge in [-0.05, 0) is 18.2 Å². The number of fused-ring (bicyclic) bond motifs is 1. The van der Waals surface area contributed by atoms with E-state index in [9.17, 15) is 0 Å². The zero-order chi connectivity index (χ0) is 20.9. The Kier molecular flexibility index (Phi) is 5.94. The molecule has 1 saturated heterocycles. The summed E-state index contributed by atoms with van der Waals surface area (Å²) in [6.45, 7) is 7.10. The van der Waals surface area contributed by atoms with E-state index in [4.69, 9.17) is 9.72 Å². The standard InChI is InChI=1S/C20H21N7O.C2H6/c1-25(15-3-2-6-21-14-15)17-13-19(26-9-11-28-12-10-26)23-20-16(17)5-8-27(20)18-4-7-22-24-18;1-2/h2-8,13-14H,9-12H2,1H3,(H,22,24);1-2H3. The second-order valence-electron chi connectivity index (χ2n) is 6.73. The summed E-state index contributed by atoms with van der Waals surface area (Å²) in [6, 6.07) is 10.2. The van der Waals surface area contributed by atoms with Gasteiger partial charge in [-0.25, -0.2) is 4.98 Å². The van der Waals surface area contributed by atoms with E-state index in [-0.39, 0.29) is 0 Å². The molecule has 0 amide bonds. The highest BCUT2D eigenvalue weighted by molar-refractivity contribution is 5.95. The number of nitrogens with zero attached hydrogens (tertiary/aromatic N) is 6. The highest BCUT2D eigenvalue weighted by Gasteiger charge is 2.19. The van der Waals surface area contributed by atoms with Crippen LogP contribution in [0.5, 0.6) is 0 Å². The number of anilines is 3. The third-order valence-corrected chi connectivity index (χ3v) is 5.10.